The van der Waals surface area contributed by atoms with Gasteiger partial charge in [0.15, 0.2) is 4.34 Å². The van der Waals surface area contributed by atoms with Crippen molar-refractivity contribution in [2.24, 2.45) is 11.8 Å². The molecule has 0 radical (unpaired) electrons. The largest absolute Gasteiger partial charge is 0.508 e. The van der Waals surface area contributed by atoms with Crippen LogP contribution >= 0.6 is 67.7 Å². The van der Waals surface area contributed by atoms with Crippen LogP contribution in [0.2, 0.25) is 0 Å². The zero-order chi connectivity index (χ0) is 34.6. The fourth-order valence-corrected chi connectivity index (χ4v) is 9.12. The number of likely N-dealkylation sites (tertiary alicyclic amines) is 1. The number of hydrogen-bond acceptors (Lipinski definition) is 11. The maximum Gasteiger partial charge on any atom is 0.408 e. The van der Waals surface area contributed by atoms with Crippen LogP contribution in [-0.2, 0) is 23.9 Å². The van der Waals surface area contributed by atoms with Gasteiger partial charge in [-0.1, -0.05) is 69.9 Å². The third-order valence-corrected chi connectivity index (χ3v) is 12.0. The number of phenolic OH excluding ortho intramolecular Hbond substituents is 1. The molecule has 0 spiro atoms. The first-order valence-electron chi connectivity index (χ1n) is 14.7. The molecule has 3 aromatic rings. The second-order valence-corrected chi connectivity index (χ2v) is 17.4. The highest BCUT2D eigenvalue weighted by Crippen LogP contribution is 2.48. The van der Waals surface area contributed by atoms with Crippen LogP contribution in [-0.4, -0.2) is 67.3 Å². The number of thiazole rings is 1. The summed E-state index contributed by atoms with van der Waals surface area (Å²) < 4.78 is 10.5. The molecule has 1 aromatic heterocycles. The minimum atomic E-state index is -1.80. The third-order valence-electron chi connectivity index (χ3n) is 7.59. The minimum absolute atomic E-state index is 0.00457. The molecule has 4 atom stereocenters. The molecule has 256 valence electrons. The number of nitrogens with zero attached hydrogens (tertiary/aromatic N) is 2. The zero-order valence-corrected chi connectivity index (χ0v) is 30.3. The molecule has 2 aromatic carbocycles. The van der Waals surface area contributed by atoms with Gasteiger partial charge in [0.2, 0.25) is 9.70 Å². The summed E-state index contributed by atoms with van der Waals surface area (Å²) in [6, 6.07) is 12.4. The van der Waals surface area contributed by atoms with Crippen LogP contribution in [0.3, 0.4) is 0 Å². The molecule has 2 heterocycles. The molecule has 2 fully saturated rings. The van der Waals surface area contributed by atoms with E-state index in [1.54, 1.807) is 6.92 Å². The normalized spacial score (nSPS) is 19.3. The lowest BCUT2D eigenvalue weighted by Crippen LogP contribution is -2.61. The molecule has 1 saturated carbocycles. The summed E-state index contributed by atoms with van der Waals surface area (Å²) in [5.74, 6) is -2.11. The first-order valence-corrected chi connectivity index (χ1v) is 18.9. The maximum atomic E-state index is 13.5. The van der Waals surface area contributed by atoms with Crippen molar-refractivity contribution in [1.82, 2.24) is 20.5 Å². The van der Waals surface area contributed by atoms with Gasteiger partial charge in [0, 0.05) is 6.20 Å². The SMILES string of the molecule is CC(=CNC(=O)C(NC(=O)OC(C)C1CC1)c1ccc(O)cc1)C1C(=O)N(CC(=O)OCC(Cl)(Cl)Cl)C1SSc1nc2ccccc2s1. The lowest BCUT2D eigenvalue weighted by Gasteiger charge is -2.46. The highest BCUT2D eigenvalue weighted by Gasteiger charge is 2.50. The molecule has 1 aliphatic carbocycles. The van der Waals surface area contributed by atoms with E-state index >= 15 is 0 Å². The number of benzene rings is 2. The Bertz CT molecular complexity index is 1670. The number of amides is 3. The number of phenols is 1. The Morgan fingerprint density at radius 3 is 2.54 bits per heavy atom. The summed E-state index contributed by atoms with van der Waals surface area (Å²) in [6.45, 7) is 2.64. The number of nitrogens with one attached hydrogen (secondary N) is 2. The number of aromatic hydroxyl groups is 1. The van der Waals surface area contributed by atoms with E-state index in [-0.39, 0.29) is 24.3 Å². The van der Waals surface area contributed by atoms with Crippen molar-refractivity contribution >= 4 is 102 Å². The number of para-hydroxylation sites is 1. The number of aromatic nitrogens is 1. The molecule has 3 N–H and O–H groups in total. The molecule has 17 heteroatoms. The predicted molar refractivity (Wildman–Crippen MR) is 188 cm³/mol. The molecule has 48 heavy (non-hydrogen) atoms. The van der Waals surface area contributed by atoms with Crippen molar-refractivity contribution in [2.75, 3.05) is 13.2 Å². The van der Waals surface area contributed by atoms with Crippen LogP contribution in [0.15, 0.2) is 64.6 Å². The quantitative estimate of drug-likeness (QED) is 0.0740. The van der Waals surface area contributed by atoms with E-state index < -0.39 is 45.7 Å². The summed E-state index contributed by atoms with van der Waals surface area (Å²) in [5.41, 5.74) is 1.77. The fraction of sp³-hybridized carbons (Fsp3) is 0.387. The summed E-state index contributed by atoms with van der Waals surface area (Å²) in [5, 5.41) is 14.5. The van der Waals surface area contributed by atoms with Crippen molar-refractivity contribution in [3.63, 3.8) is 0 Å². The molecule has 4 unspecified atom stereocenters. The van der Waals surface area contributed by atoms with Crippen molar-refractivity contribution in [1.29, 1.82) is 0 Å². The van der Waals surface area contributed by atoms with Crippen molar-refractivity contribution in [3.05, 3.63) is 65.9 Å². The predicted octanol–water partition coefficient (Wildman–Crippen LogP) is 6.73. The zero-order valence-electron chi connectivity index (χ0n) is 25.6. The number of esters is 1. The van der Waals surface area contributed by atoms with Crippen molar-refractivity contribution in [2.45, 2.75) is 52.3 Å². The first kappa shape index (κ1) is 36.4. The molecule has 5 rings (SSSR count). The highest BCUT2D eigenvalue weighted by atomic mass is 35.6. The third kappa shape index (κ3) is 9.63. The number of halogens is 3. The second-order valence-electron chi connectivity index (χ2n) is 11.3. The van der Waals surface area contributed by atoms with Gasteiger partial charge in [0.1, 0.15) is 36.4 Å². The Morgan fingerprint density at radius 2 is 1.88 bits per heavy atom. The topological polar surface area (TPSA) is 147 Å². The monoisotopic (exact) mass is 772 g/mol. The molecule has 1 aliphatic heterocycles. The second kappa shape index (κ2) is 15.8. The highest BCUT2D eigenvalue weighted by molar-refractivity contribution is 8.77. The van der Waals surface area contributed by atoms with E-state index in [9.17, 15) is 24.3 Å². The number of hydrogen-bond donors (Lipinski definition) is 3. The molecule has 2 aliphatic rings. The van der Waals surface area contributed by atoms with Crippen molar-refractivity contribution < 1.29 is 33.8 Å². The van der Waals surface area contributed by atoms with Gasteiger partial charge in [0.25, 0.3) is 5.91 Å². The number of alkyl carbamates (subject to hydrolysis) is 1. The Morgan fingerprint density at radius 1 is 1.17 bits per heavy atom. The average Bonchev–Trinajstić information content (AvgIpc) is 3.81. The number of rotatable bonds is 13. The minimum Gasteiger partial charge on any atom is -0.508 e. The molecular weight excluding hydrogens is 743 g/mol. The molecule has 0 bridgehead atoms. The smallest absolute Gasteiger partial charge is 0.408 e. The maximum absolute atomic E-state index is 13.5. The summed E-state index contributed by atoms with van der Waals surface area (Å²) in [6.07, 6.45) is 2.32. The lowest BCUT2D eigenvalue weighted by atomic mass is 9.91. The van der Waals surface area contributed by atoms with Gasteiger partial charge in [0.05, 0.1) is 16.1 Å². The van der Waals surface area contributed by atoms with Crippen LogP contribution in [0.4, 0.5) is 4.79 Å². The lowest BCUT2D eigenvalue weighted by molar-refractivity contribution is -0.158. The van der Waals surface area contributed by atoms with Gasteiger partial charge in [-0.3, -0.25) is 14.4 Å². The van der Waals surface area contributed by atoms with Gasteiger partial charge in [-0.2, -0.15) is 0 Å². The van der Waals surface area contributed by atoms with E-state index in [0.29, 0.717) is 17.1 Å². The molecule has 1 saturated heterocycles. The van der Waals surface area contributed by atoms with Gasteiger partial charge in [-0.25, -0.2) is 9.78 Å². The van der Waals surface area contributed by atoms with E-state index in [1.807, 2.05) is 31.2 Å². The Kier molecular flexibility index (Phi) is 12.0. The summed E-state index contributed by atoms with van der Waals surface area (Å²) in [4.78, 5) is 58.1. The number of fused-ring (bicyclic) bond motifs is 1. The van der Waals surface area contributed by atoms with Crippen LogP contribution in [0.25, 0.3) is 10.2 Å². The number of carbonyl (C=O) groups is 4. The van der Waals surface area contributed by atoms with Gasteiger partial charge in [-0.15, -0.1) is 11.3 Å². The Balaban J connectivity index is 1.29. The van der Waals surface area contributed by atoms with Crippen LogP contribution in [0.1, 0.15) is 38.3 Å². The van der Waals surface area contributed by atoms with E-state index in [0.717, 1.165) is 27.4 Å². The first-order chi connectivity index (χ1) is 22.8. The summed E-state index contributed by atoms with van der Waals surface area (Å²) >= 11 is 18.6. The standard InChI is InChI=1S/C31H31Cl3N4O7S3/c1-16(13-35-26(41)25(19-9-11-20(39)12-10-19)37-29(43)45-17(2)18-7-8-18)24-27(42)38(14-23(40)44-15-31(32,33)34)28(24)47-48-30-36-21-5-3-4-6-22(21)46-30/h3-6,9-13,17-18,24-25,28,39H,7-8,14-15H2,1-2H3,(H,35,41)(H,37,43). The van der Waals surface area contributed by atoms with Crippen LogP contribution < -0.4 is 10.6 Å². The van der Waals surface area contributed by atoms with Gasteiger partial charge < -0.3 is 30.1 Å². The van der Waals surface area contributed by atoms with Crippen LogP contribution in [0.5, 0.6) is 5.75 Å². The Labute approximate surface area is 303 Å². The summed E-state index contributed by atoms with van der Waals surface area (Å²) in [7, 11) is 2.70. The molecule has 3 amide bonds. The van der Waals surface area contributed by atoms with Crippen molar-refractivity contribution in [3.8, 4) is 5.75 Å². The number of carbonyl (C=O) groups excluding carboxylic acids is 4. The average molecular weight is 774 g/mol. The molecular formula is C31H31Cl3N4O7S3. The number of ether oxygens (including phenoxy) is 2. The number of β-lactam (4-membered cyclic amide) rings is 1. The Hall–Kier alpha value is -2.88. The van der Waals surface area contributed by atoms with E-state index in [4.69, 9.17) is 44.3 Å². The van der Waals surface area contributed by atoms with Gasteiger partial charge in [-0.05, 0) is 78.8 Å². The van der Waals surface area contributed by atoms with Crippen LogP contribution in [0, 0.1) is 11.8 Å². The van der Waals surface area contributed by atoms with Gasteiger partial charge >= 0.3 is 12.1 Å². The van der Waals surface area contributed by atoms with E-state index in [1.165, 1.54) is 68.3 Å². The number of alkyl halides is 3. The molecule has 11 nitrogen and oxygen atoms in total. The van der Waals surface area contributed by atoms with E-state index in [2.05, 4.69) is 15.6 Å². The fourth-order valence-electron chi connectivity index (χ4n) is 4.85.